The SMILES string of the molecule is CC1(C)C(=O)NCCN1c1nc(F)c(F)cc1F. The summed E-state index contributed by atoms with van der Waals surface area (Å²) in [6, 6.07) is 0.431. The molecule has 1 aliphatic heterocycles. The van der Waals surface area contributed by atoms with E-state index in [2.05, 4.69) is 10.3 Å². The largest absolute Gasteiger partial charge is 0.352 e. The maximum atomic E-state index is 13.6. The summed E-state index contributed by atoms with van der Waals surface area (Å²) in [7, 11) is 0. The molecule has 0 atom stereocenters. The quantitative estimate of drug-likeness (QED) is 0.771. The summed E-state index contributed by atoms with van der Waals surface area (Å²) in [4.78, 5) is 16.3. The minimum absolute atomic E-state index is 0.272. The monoisotopic (exact) mass is 259 g/mol. The first-order chi connectivity index (χ1) is 8.34. The Kier molecular flexibility index (Phi) is 2.92. The normalized spacial score (nSPS) is 18.7. The van der Waals surface area contributed by atoms with Crippen molar-refractivity contribution in [2.45, 2.75) is 19.4 Å². The summed E-state index contributed by atoms with van der Waals surface area (Å²) in [6.45, 7) is 3.68. The van der Waals surface area contributed by atoms with Crippen LogP contribution in [0.4, 0.5) is 19.0 Å². The van der Waals surface area contributed by atoms with Crippen molar-refractivity contribution in [3.05, 3.63) is 23.6 Å². The van der Waals surface area contributed by atoms with Gasteiger partial charge in [-0.15, -0.1) is 0 Å². The van der Waals surface area contributed by atoms with Gasteiger partial charge in [-0.1, -0.05) is 0 Å². The fraction of sp³-hybridized carbons (Fsp3) is 0.455. The third kappa shape index (κ3) is 1.89. The number of rotatable bonds is 1. The number of pyridine rings is 1. The predicted octanol–water partition coefficient (Wildman–Crippen LogP) is 1.21. The van der Waals surface area contributed by atoms with E-state index in [1.54, 1.807) is 13.8 Å². The van der Waals surface area contributed by atoms with Crippen molar-refractivity contribution in [2.24, 2.45) is 0 Å². The van der Waals surface area contributed by atoms with Crippen LogP contribution in [0, 0.1) is 17.6 Å². The van der Waals surface area contributed by atoms with Crippen molar-refractivity contribution >= 4 is 11.7 Å². The molecule has 0 saturated carbocycles. The van der Waals surface area contributed by atoms with Gasteiger partial charge in [0, 0.05) is 19.2 Å². The first-order valence-electron chi connectivity index (χ1n) is 5.41. The van der Waals surface area contributed by atoms with Crippen LogP contribution < -0.4 is 10.2 Å². The number of amides is 1. The zero-order chi connectivity index (χ0) is 13.5. The number of hydrogen-bond donors (Lipinski definition) is 1. The van der Waals surface area contributed by atoms with Crippen molar-refractivity contribution in [1.29, 1.82) is 0 Å². The van der Waals surface area contributed by atoms with Crippen LogP contribution in [0.3, 0.4) is 0 Å². The van der Waals surface area contributed by atoms with Crippen LogP contribution in [0.1, 0.15) is 13.8 Å². The molecule has 4 nitrogen and oxygen atoms in total. The molecule has 7 heteroatoms. The van der Waals surface area contributed by atoms with Crippen molar-refractivity contribution in [3.8, 4) is 0 Å². The number of hydrogen-bond acceptors (Lipinski definition) is 3. The van der Waals surface area contributed by atoms with Gasteiger partial charge in [0.2, 0.25) is 5.91 Å². The summed E-state index contributed by atoms with van der Waals surface area (Å²) >= 11 is 0. The number of halogens is 3. The Hall–Kier alpha value is -1.79. The average Bonchev–Trinajstić information content (AvgIpc) is 2.28. The van der Waals surface area contributed by atoms with E-state index in [0.29, 0.717) is 12.6 Å². The standard InChI is InChI=1S/C11H12F3N3O/c1-11(2)10(18)15-3-4-17(11)9-7(13)5-6(12)8(14)16-9/h5H,3-4H2,1-2H3,(H,15,18). The molecule has 1 aromatic rings. The topological polar surface area (TPSA) is 45.2 Å². The Balaban J connectivity index is 2.48. The number of anilines is 1. The van der Waals surface area contributed by atoms with Gasteiger partial charge in [-0.3, -0.25) is 4.79 Å². The van der Waals surface area contributed by atoms with E-state index in [1.807, 2.05) is 0 Å². The average molecular weight is 259 g/mol. The second kappa shape index (κ2) is 4.15. The Morgan fingerprint density at radius 3 is 2.67 bits per heavy atom. The molecule has 1 aromatic heterocycles. The lowest BCUT2D eigenvalue weighted by atomic mass is 9.99. The molecule has 0 aromatic carbocycles. The van der Waals surface area contributed by atoms with Crippen molar-refractivity contribution in [2.75, 3.05) is 18.0 Å². The van der Waals surface area contributed by atoms with E-state index in [-0.39, 0.29) is 18.3 Å². The number of piperazine rings is 1. The zero-order valence-electron chi connectivity index (χ0n) is 9.93. The lowest BCUT2D eigenvalue weighted by molar-refractivity contribution is -0.126. The zero-order valence-corrected chi connectivity index (χ0v) is 9.93. The highest BCUT2D eigenvalue weighted by molar-refractivity contribution is 5.90. The van der Waals surface area contributed by atoms with Gasteiger partial charge in [0.25, 0.3) is 5.95 Å². The lowest BCUT2D eigenvalue weighted by Gasteiger charge is -2.41. The Bertz CT molecular complexity index is 505. The minimum atomic E-state index is -1.38. The van der Waals surface area contributed by atoms with Crippen molar-refractivity contribution in [1.82, 2.24) is 10.3 Å². The van der Waals surface area contributed by atoms with Gasteiger partial charge in [-0.05, 0) is 13.8 Å². The molecule has 0 spiro atoms. The smallest absolute Gasteiger partial charge is 0.251 e. The van der Waals surface area contributed by atoms with Gasteiger partial charge < -0.3 is 10.2 Å². The Morgan fingerprint density at radius 2 is 2.00 bits per heavy atom. The molecule has 0 radical (unpaired) electrons. The molecule has 0 aliphatic carbocycles. The van der Waals surface area contributed by atoms with Gasteiger partial charge in [-0.2, -0.15) is 9.37 Å². The van der Waals surface area contributed by atoms with Gasteiger partial charge in [-0.25, -0.2) is 8.78 Å². The molecule has 0 bridgehead atoms. The highest BCUT2D eigenvalue weighted by Gasteiger charge is 2.39. The van der Waals surface area contributed by atoms with Gasteiger partial charge in [0.05, 0.1) is 0 Å². The van der Waals surface area contributed by atoms with Gasteiger partial charge in [0.1, 0.15) is 5.54 Å². The second-order valence-corrected chi connectivity index (χ2v) is 4.53. The van der Waals surface area contributed by atoms with Crippen LogP contribution in [0.15, 0.2) is 6.07 Å². The summed E-state index contributed by atoms with van der Waals surface area (Å²) in [5.74, 6) is -4.39. The van der Waals surface area contributed by atoms with Crippen molar-refractivity contribution in [3.63, 3.8) is 0 Å². The Labute approximate surface area is 102 Å². The summed E-state index contributed by atoms with van der Waals surface area (Å²) in [5, 5.41) is 2.62. The highest BCUT2D eigenvalue weighted by atomic mass is 19.2. The molecule has 1 N–H and O–H groups in total. The first kappa shape index (κ1) is 12.7. The summed E-state index contributed by atoms with van der Waals surface area (Å²) in [5.41, 5.74) is -1.07. The van der Waals surface area contributed by atoms with Crippen LogP contribution in [0.2, 0.25) is 0 Å². The molecule has 1 amide bonds. The fourth-order valence-electron chi connectivity index (χ4n) is 1.89. The molecule has 2 rings (SSSR count). The number of carbonyl (C=O) groups is 1. The lowest BCUT2D eigenvalue weighted by Crippen LogP contribution is -2.62. The van der Waals surface area contributed by atoms with Gasteiger partial charge in [0.15, 0.2) is 17.5 Å². The minimum Gasteiger partial charge on any atom is -0.352 e. The summed E-state index contributed by atoms with van der Waals surface area (Å²) < 4.78 is 39.5. The summed E-state index contributed by atoms with van der Waals surface area (Å²) in [6.07, 6.45) is 0. The molecule has 18 heavy (non-hydrogen) atoms. The maximum absolute atomic E-state index is 13.6. The molecule has 98 valence electrons. The van der Waals surface area contributed by atoms with E-state index in [9.17, 15) is 18.0 Å². The molecular weight excluding hydrogens is 247 g/mol. The van der Waals surface area contributed by atoms with Crippen molar-refractivity contribution < 1.29 is 18.0 Å². The highest BCUT2D eigenvalue weighted by Crippen LogP contribution is 2.27. The van der Waals surface area contributed by atoms with Gasteiger partial charge >= 0.3 is 0 Å². The fourth-order valence-corrected chi connectivity index (χ4v) is 1.89. The molecule has 1 aliphatic rings. The Morgan fingerprint density at radius 1 is 1.33 bits per heavy atom. The van der Waals surface area contributed by atoms with Crippen LogP contribution in [-0.4, -0.2) is 29.5 Å². The number of carbonyl (C=O) groups excluding carboxylic acids is 1. The first-order valence-corrected chi connectivity index (χ1v) is 5.41. The predicted molar refractivity (Wildman–Crippen MR) is 58.5 cm³/mol. The van der Waals surface area contributed by atoms with Crippen LogP contribution in [0.5, 0.6) is 0 Å². The molecule has 1 fully saturated rings. The van der Waals surface area contributed by atoms with Crippen LogP contribution >= 0.6 is 0 Å². The number of aromatic nitrogens is 1. The molecule has 2 heterocycles. The number of nitrogens with zero attached hydrogens (tertiary/aromatic N) is 2. The third-order valence-corrected chi connectivity index (χ3v) is 2.98. The molecular formula is C11H12F3N3O. The second-order valence-electron chi connectivity index (χ2n) is 4.53. The van der Waals surface area contributed by atoms with E-state index < -0.39 is 23.1 Å². The van der Waals surface area contributed by atoms with E-state index in [1.165, 1.54) is 4.90 Å². The maximum Gasteiger partial charge on any atom is 0.251 e. The van der Waals surface area contributed by atoms with Crippen LogP contribution in [0.25, 0.3) is 0 Å². The van der Waals surface area contributed by atoms with E-state index >= 15 is 0 Å². The van der Waals surface area contributed by atoms with Crippen LogP contribution in [-0.2, 0) is 4.79 Å². The molecule has 0 unspecified atom stereocenters. The van der Waals surface area contributed by atoms with E-state index in [4.69, 9.17) is 0 Å². The van der Waals surface area contributed by atoms with E-state index in [0.717, 1.165) is 0 Å². The number of nitrogens with one attached hydrogen (secondary N) is 1. The molecule has 1 saturated heterocycles. The third-order valence-electron chi connectivity index (χ3n) is 2.98.